The molecule has 0 saturated carbocycles. The Hall–Kier alpha value is -2.64. The van der Waals surface area contributed by atoms with Gasteiger partial charge in [-0.15, -0.1) is 12.3 Å². The Labute approximate surface area is 176 Å². The molecule has 2 amide bonds. The summed E-state index contributed by atoms with van der Waals surface area (Å²) in [5.74, 6) is 1.22. The van der Waals surface area contributed by atoms with Gasteiger partial charge in [0.05, 0.1) is 19.3 Å². The number of carbonyl (C=O) groups is 3. The number of ether oxygens (including phenoxy) is 2. The summed E-state index contributed by atoms with van der Waals surface area (Å²) in [4.78, 5) is 43.6. The number of likely N-dealkylation sites (N-methyl/N-ethyl adjacent to an activating group) is 1. The first-order valence-corrected chi connectivity index (χ1v) is 9.91. The van der Waals surface area contributed by atoms with Crippen molar-refractivity contribution in [2.75, 3.05) is 27.3 Å². The summed E-state index contributed by atoms with van der Waals surface area (Å²) < 4.78 is 10.5. The topological polar surface area (TPSA) is 130 Å². The first-order valence-electron chi connectivity index (χ1n) is 9.91. The van der Waals surface area contributed by atoms with Gasteiger partial charge in [0.15, 0.2) is 0 Å². The minimum Gasteiger partial charge on any atom is -0.476 e. The van der Waals surface area contributed by atoms with Gasteiger partial charge in [-0.2, -0.15) is 0 Å². The number of hydrogen-bond donors (Lipinski definition) is 3. The highest BCUT2D eigenvalue weighted by molar-refractivity contribution is 5.96. The molecule has 0 spiro atoms. The highest BCUT2D eigenvalue weighted by atomic mass is 16.5. The number of terminal acetylenes is 1. The van der Waals surface area contributed by atoms with Crippen molar-refractivity contribution in [2.24, 2.45) is 4.99 Å². The molecule has 0 bridgehead atoms. The van der Waals surface area contributed by atoms with Gasteiger partial charge in [0.1, 0.15) is 18.7 Å². The molecule has 3 N–H and O–H groups in total. The van der Waals surface area contributed by atoms with Gasteiger partial charge in [-0.25, -0.2) is 9.79 Å². The van der Waals surface area contributed by atoms with Crippen molar-refractivity contribution in [1.82, 2.24) is 15.5 Å². The van der Waals surface area contributed by atoms with Crippen LogP contribution in [0.25, 0.3) is 0 Å². The lowest BCUT2D eigenvalue weighted by atomic mass is 9.98. The summed E-state index contributed by atoms with van der Waals surface area (Å²) in [6, 6.07) is -2.16. The summed E-state index contributed by atoms with van der Waals surface area (Å²) in [5.41, 5.74) is -1.32. The second-order valence-corrected chi connectivity index (χ2v) is 7.57. The molecular formula is C20H30N4O6. The Balaban J connectivity index is 2.24. The van der Waals surface area contributed by atoms with Crippen LogP contribution in [0.2, 0.25) is 0 Å². The molecule has 0 aromatic heterocycles. The molecule has 0 radical (unpaired) electrons. The molecular weight excluding hydrogens is 392 g/mol. The SMILES string of the molecule is C#CC[C@]1(C(=O)OC)COC(C2CCCN2C(=O)[C@@H](NC(=O)C(C)NC)C(C)O)=N1. The van der Waals surface area contributed by atoms with E-state index < -0.39 is 47.6 Å². The minimum atomic E-state index is -1.32. The number of carbonyl (C=O) groups excluding carboxylic acids is 3. The third kappa shape index (κ3) is 4.74. The molecule has 30 heavy (non-hydrogen) atoms. The lowest BCUT2D eigenvalue weighted by Crippen LogP contribution is -2.58. The van der Waals surface area contributed by atoms with E-state index in [1.807, 2.05) is 0 Å². The number of aliphatic hydroxyl groups is 1. The van der Waals surface area contributed by atoms with E-state index in [1.165, 1.54) is 18.9 Å². The molecule has 2 rings (SSSR count). The number of amides is 2. The van der Waals surface area contributed by atoms with E-state index in [4.69, 9.17) is 15.9 Å². The summed E-state index contributed by atoms with van der Waals surface area (Å²) in [6.07, 6.45) is 5.57. The Morgan fingerprint density at radius 3 is 2.73 bits per heavy atom. The Bertz CT molecular complexity index is 746. The normalized spacial score (nSPS) is 26.1. The van der Waals surface area contributed by atoms with Gasteiger partial charge in [0, 0.05) is 13.0 Å². The lowest BCUT2D eigenvalue weighted by molar-refractivity contribution is -0.147. The van der Waals surface area contributed by atoms with E-state index in [0.29, 0.717) is 19.4 Å². The summed E-state index contributed by atoms with van der Waals surface area (Å²) in [6.45, 7) is 3.44. The van der Waals surface area contributed by atoms with E-state index >= 15 is 0 Å². The van der Waals surface area contributed by atoms with Crippen molar-refractivity contribution in [1.29, 1.82) is 0 Å². The molecule has 166 valence electrons. The molecule has 3 unspecified atom stereocenters. The molecule has 1 fully saturated rings. The molecule has 2 aliphatic rings. The maximum absolute atomic E-state index is 13.2. The number of nitrogens with one attached hydrogen (secondary N) is 2. The number of hydrogen-bond acceptors (Lipinski definition) is 8. The third-order valence-electron chi connectivity index (χ3n) is 5.44. The fourth-order valence-electron chi connectivity index (χ4n) is 3.53. The van der Waals surface area contributed by atoms with Crippen molar-refractivity contribution in [3.63, 3.8) is 0 Å². The number of aliphatic imine (C=N–C) groups is 1. The molecule has 1 saturated heterocycles. The number of nitrogens with zero attached hydrogens (tertiary/aromatic N) is 2. The predicted octanol–water partition coefficient (Wildman–Crippen LogP) is -1.19. The summed E-state index contributed by atoms with van der Waals surface area (Å²) in [5, 5.41) is 15.5. The molecule has 0 aliphatic carbocycles. The summed E-state index contributed by atoms with van der Waals surface area (Å²) >= 11 is 0. The van der Waals surface area contributed by atoms with E-state index in [1.54, 1.807) is 14.0 Å². The van der Waals surface area contributed by atoms with Gasteiger partial charge >= 0.3 is 5.97 Å². The average molecular weight is 422 g/mol. The maximum atomic E-state index is 13.2. The van der Waals surface area contributed by atoms with Crippen molar-refractivity contribution in [3.05, 3.63) is 0 Å². The highest BCUT2D eigenvalue weighted by Gasteiger charge is 2.48. The van der Waals surface area contributed by atoms with Crippen LogP contribution in [0.4, 0.5) is 0 Å². The number of rotatable bonds is 8. The largest absolute Gasteiger partial charge is 0.476 e. The second-order valence-electron chi connectivity index (χ2n) is 7.57. The molecule has 0 aromatic rings. The zero-order chi connectivity index (χ0) is 22.5. The Kier molecular flexibility index (Phi) is 7.81. The van der Waals surface area contributed by atoms with Crippen molar-refractivity contribution in [2.45, 2.75) is 62.9 Å². The first-order chi connectivity index (χ1) is 14.2. The van der Waals surface area contributed by atoms with Crippen LogP contribution in [0.3, 0.4) is 0 Å². The second kappa shape index (κ2) is 9.91. The van der Waals surface area contributed by atoms with Crippen LogP contribution in [-0.2, 0) is 23.9 Å². The lowest BCUT2D eigenvalue weighted by Gasteiger charge is -2.30. The third-order valence-corrected chi connectivity index (χ3v) is 5.44. The quantitative estimate of drug-likeness (QED) is 0.331. The number of methoxy groups -OCH3 is 1. The predicted molar refractivity (Wildman–Crippen MR) is 108 cm³/mol. The first kappa shape index (κ1) is 23.6. The van der Waals surface area contributed by atoms with Crippen LogP contribution < -0.4 is 10.6 Å². The highest BCUT2D eigenvalue weighted by Crippen LogP contribution is 2.30. The molecule has 2 aliphatic heterocycles. The van der Waals surface area contributed by atoms with Gasteiger partial charge in [-0.1, -0.05) is 0 Å². The van der Waals surface area contributed by atoms with Crippen molar-refractivity contribution < 1.29 is 29.0 Å². The fourth-order valence-corrected chi connectivity index (χ4v) is 3.53. The summed E-state index contributed by atoms with van der Waals surface area (Å²) in [7, 11) is 2.88. The van der Waals surface area contributed by atoms with Crippen LogP contribution in [0, 0.1) is 12.3 Å². The van der Waals surface area contributed by atoms with Crippen molar-refractivity contribution >= 4 is 23.7 Å². The maximum Gasteiger partial charge on any atom is 0.338 e. The van der Waals surface area contributed by atoms with E-state index in [9.17, 15) is 19.5 Å². The average Bonchev–Trinajstić information content (AvgIpc) is 3.37. The van der Waals surface area contributed by atoms with E-state index in [2.05, 4.69) is 21.5 Å². The van der Waals surface area contributed by atoms with Gasteiger partial charge in [-0.3, -0.25) is 9.59 Å². The van der Waals surface area contributed by atoms with Crippen LogP contribution in [0.5, 0.6) is 0 Å². The number of aliphatic hydroxyl groups excluding tert-OH is 1. The Morgan fingerprint density at radius 1 is 1.47 bits per heavy atom. The smallest absolute Gasteiger partial charge is 0.338 e. The Morgan fingerprint density at radius 2 is 2.17 bits per heavy atom. The van der Waals surface area contributed by atoms with E-state index in [0.717, 1.165) is 0 Å². The van der Waals surface area contributed by atoms with Gasteiger partial charge < -0.3 is 30.1 Å². The fraction of sp³-hybridized carbons (Fsp3) is 0.700. The molecule has 10 heteroatoms. The zero-order valence-electron chi connectivity index (χ0n) is 17.8. The zero-order valence-corrected chi connectivity index (χ0v) is 17.8. The molecule has 5 atom stereocenters. The van der Waals surface area contributed by atoms with Crippen LogP contribution >= 0.6 is 0 Å². The van der Waals surface area contributed by atoms with Gasteiger partial charge in [0.25, 0.3) is 0 Å². The van der Waals surface area contributed by atoms with Gasteiger partial charge in [-0.05, 0) is 33.7 Å². The minimum absolute atomic E-state index is 0.0120. The van der Waals surface area contributed by atoms with Crippen LogP contribution in [0.15, 0.2) is 4.99 Å². The molecule has 0 aromatic carbocycles. The van der Waals surface area contributed by atoms with Crippen molar-refractivity contribution in [3.8, 4) is 12.3 Å². The standard InChI is InChI=1S/C20H30N4O6/c1-6-9-20(19(28)29-5)11-30-17(23-20)14-8-7-10-24(14)18(27)15(13(3)25)22-16(26)12(2)21-4/h1,12-15,21,25H,7-11H2,2-5H3,(H,22,26)/t12?,13?,14?,15-,20+/m0/s1. The monoisotopic (exact) mass is 422 g/mol. The van der Waals surface area contributed by atoms with E-state index in [-0.39, 0.29) is 18.9 Å². The molecule has 2 heterocycles. The van der Waals surface area contributed by atoms with Crippen LogP contribution in [-0.4, -0.2) is 90.8 Å². The molecule has 10 nitrogen and oxygen atoms in total. The number of likely N-dealkylation sites (tertiary alicyclic amines) is 1. The van der Waals surface area contributed by atoms with Gasteiger partial charge in [0.2, 0.25) is 23.3 Å². The van der Waals surface area contributed by atoms with Crippen LogP contribution in [0.1, 0.15) is 33.1 Å². The number of esters is 1.